The minimum Gasteiger partial charge on any atom is -0.378 e. The van der Waals surface area contributed by atoms with Gasteiger partial charge in [0.2, 0.25) is 0 Å². The summed E-state index contributed by atoms with van der Waals surface area (Å²) in [6, 6.07) is 6.51. The first-order valence-corrected chi connectivity index (χ1v) is 11.3. The third kappa shape index (κ3) is 9.49. The molecular formula is C23H41FIN5O. The molecule has 0 aromatic heterocycles. The first kappa shape index (κ1) is 27.9. The summed E-state index contributed by atoms with van der Waals surface area (Å²) >= 11 is 0. The van der Waals surface area contributed by atoms with Crippen LogP contribution < -0.4 is 15.5 Å². The van der Waals surface area contributed by atoms with Crippen LogP contribution in [0.25, 0.3) is 0 Å². The Bertz CT molecular complexity index is 657. The predicted molar refractivity (Wildman–Crippen MR) is 139 cm³/mol. The SMILES string of the molecule is CCNC(=NCc1ccc(N2CCOCC2)c(F)c1)NCCCN(C(C)C)C(C)C.I. The van der Waals surface area contributed by atoms with Crippen molar-refractivity contribution >= 4 is 35.6 Å². The van der Waals surface area contributed by atoms with Gasteiger partial charge in [-0.3, -0.25) is 4.90 Å². The van der Waals surface area contributed by atoms with Gasteiger partial charge in [0.25, 0.3) is 0 Å². The Hall–Kier alpha value is -1.13. The number of nitrogens with one attached hydrogen (secondary N) is 2. The van der Waals surface area contributed by atoms with E-state index in [4.69, 9.17) is 4.74 Å². The Morgan fingerprint density at radius 2 is 1.84 bits per heavy atom. The van der Waals surface area contributed by atoms with Crippen molar-refractivity contribution in [3.63, 3.8) is 0 Å². The van der Waals surface area contributed by atoms with Gasteiger partial charge >= 0.3 is 0 Å². The number of hydrogen-bond acceptors (Lipinski definition) is 4. The van der Waals surface area contributed by atoms with Gasteiger partial charge in [-0.15, -0.1) is 24.0 Å². The molecule has 0 saturated carbocycles. The average molecular weight is 550 g/mol. The van der Waals surface area contributed by atoms with Crippen LogP contribution in [0.2, 0.25) is 0 Å². The summed E-state index contributed by atoms with van der Waals surface area (Å²) in [5.41, 5.74) is 1.52. The summed E-state index contributed by atoms with van der Waals surface area (Å²) in [6.45, 7) is 16.9. The lowest BCUT2D eigenvalue weighted by Gasteiger charge is -2.30. The number of nitrogens with zero attached hydrogens (tertiary/aromatic N) is 3. The molecule has 6 nitrogen and oxygen atoms in total. The average Bonchev–Trinajstić information content (AvgIpc) is 2.71. The highest BCUT2D eigenvalue weighted by Crippen LogP contribution is 2.22. The molecule has 1 aromatic carbocycles. The van der Waals surface area contributed by atoms with Crippen molar-refractivity contribution in [2.75, 3.05) is 50.8 Å². The van der Waals surface area contributed by atoms with E-state index >= 15 is 0 Å². The minimum absolute atomic E-state index is 0. The van der Waals surface area contributed by atoms with Crippen molar-refractivity contribution in [3.05, 3.63) is 29.6 Å². The lowest BCUT2D eigenvalue weighted by molar-refractivity contribution is 0.122. The molecule has 0 radical (unpaired) electrons. The molecule has 178 valence electrons. The van der Waals surface area contributed by atoms with E-state index in [-0.39, 0.29) is 29.8 Å². The molecule has 1 saturated heterocycles. The number of benzene rings is 1. The normalized spacial score (nSPS) is 14.9. The van der Waals surface area contributed by atoms with Crippen molar-refractivity contribution < 1.29 is 9.13 Å². The maximum absolute atomic E-state index is 14.6. The summed E-state index contributed by atoms with van der Waals surface area (Å²) in [5.74, 6) is 0.584. The fraction of sp³-hybridized carbons (Fsp3) is 0.696. The van der Waals surface area contributed by atoms with Gasteiger partial charge in [0.15, 0.2) is 5.96 Å². The number of anilines is 1. The first-order valence-electron chi connectivity index (χ1n) is 11.3. The molecule has 0 spiro atoms. The van der Waals surface area contributed by atoms with Crippen LogP contribution in [0.1, 0.15) is 46.6 Å². The third-order valence-electron chi connectivity index (χ3n) is 5.34. The molecule has 1 aromatic rings. The monoisotopic (exact) mass is 549 g/mol. The van der Waals surface area contributed by atoms with E-state index in [0.29, 0.717) is 37.5 Å². The number of guanidine groups is 1. The standard InChI is InChI=1S/C23H40FN5O.HI/c1-6-25-23(26-10-7-11-29(18(2)3)19(4)5)27-17-20-8-9-22(21(24)16-20)28-12-14-30-15-13-28;/h8-9,16,18-19H,6-7,10-15,17H2,1-5H3,(H2,25,26,27);1H. The van der Waals surface area contributed by atoms with Crippen LogP contribution in [0.3, 0.4) is 0 Å². The zero-order valence-corrected chi connectivity index (χ0v) is 22.1. The predicted octanol–water partition coefficient (Wildman–Crippen LogP) is 3.84. The number of morpholine rings is 1. The van der Waals surface area contributed by atoms with Gasteiger partial charge in [-0.25, -0.2) is 9.38 Å². The highest BCUT2D eigenvalue weighted by atomic mass is 127. The molecule has 1 heterocycles. The van der Waals surface area contributed by atoms with Crippen LogP contribution in [-0.4, -0.2) is 68.9 Å². The van der Waals surface area contributed by atoms with Gasteiger partial charge in [0, 0.05) is 44.8 Å². The Morgan fingerprint density at radius 1 is 1.16 bits per heavy atom. The van der Waals surface area contributed by atoms with Crippen molar-refractivity contribution in [1.29, 1.82) is 0 Å². The number of hydrogen-bond donors (Lipinski definition) is 2. The Balaban J connectivity index is 0.00000480. The van der Waals surface area contributed by atoms with Crippen LogP contribution in [-0.2, 0) is 11.3 Å². The van der Waals surface area contributed by atoms with Crippen LogP contribution in [0.5, 0.6) is 0 Å². The Morgan fingerprint density at radius 3 is 2.42 bits per heavy atom. The van der Waals surface area contributed by atoms with E-state index in [1.807, 2.05) is 24.0 Å². The van der Waals surface area contributed by atoms with E-state index in [9.17, 15) is 4.39 Å². The Labute approximate surface area is 205 Å². The molecule has 0 amide bonds. The van der Waals surface area contributed by atoms with Gasteiger partial charge in [0.1, 0.15) is 5.82 Å². The lowest BCUT2D eigenvalue weighted by Crippen LogP contribution is -2.41. The van der Waals surface area contributed by atoms with E-state index in [2.05, 4.69) is 48.2 Å². The van der Waals surface area contributed by atoms with Gasteiger partial charge in [-0.2, -0.15) is 0 Å². The second kappa shape index (κ2) is 14.8. The van der Waals surface area contributed by atoms with Crippen molar-refractivity contribution in [3.8, 4) is 0 Å². The largest absolute Gasteiger partial charge is 0.378 e. The maximum atomic E-state index is 14.6. The molecule has 8 heteroatoms. The summed E-state index contributed by atoms with van der Waals surface area (Å²) < 4.78 is 19.9. The molecule has 0 unspecified atom stereocenters. The van der Waals surface area contributed by atoms with Crippen molar-refractivity contribution in [2.24, 2.45) is 4.99 Å². The zero-order chi connectivity index (χ0) is 21.9. The van der Waals surface area contributed by atoms with E-state index in [1.165, 1.54) is 0 Å². The molecule has 1 aliphatic heterocycles. The fourth-order valence-electron chi connectivity index (χ4n) is 3.80. The second-order valence-corrected chi connectivity index (χ2v) is 8.29. The molecule has 2 rings (SSSR count). The van der Waals surface area contributed by atoms with E-state index in [0.717, 1.165) is 50.7 Å². The first-order chi connectivity index (χ1) is 14.4. The quantitative estimate of drug-likeness (QED) is 0.201. The molecule has 1 fully saturated rings. The molecular weight excluding hydrogens is 508 g/mol. The highest BCUT2D eigenvalue weighted by molar-refractivity contribution is 14.0. The van der Waals surface area contributed by atoms with E-state index in [1.54, 1.807) is 6.07 Å². The molecule has 1 aliphatic rings. The molecule has 0 aliphatic carbocycles. The maximum Gasteiger partial charge on any atom is 0.191 e. The van der Waals surface area contributed by atoms with Crippen molar-refractivity contribution in [2.45, 2.75) is 59.7 Å². The zero-order valence-electron chi connectivity index (χ0n) is 19.8. The summed E-state index contributed by atoms with van der Waals surface area (Å²) in [6.07, 6.45) is 1.05. The van der Waals surface area contributed by atoms with Gasteiger partial charge in [-0.1, -0.05) is 6.07 Å². The molecule has 0 bridgehead atoms. The smallest absolute Gasteiger partial charge is 0.191 e. The minimum atomic E-state index is -0.190. The van der Waals surface area contributed by atoms with Crippen LogP contribution in [0.15, 0.2) is 23.2 Å². The van der Waals surface area contributed by atoms with E-state index < -0.39 is 0 Å². The van der Waals surface area contributed by atoms with Crippen LogP contribution in [0.4, 0.5) is 10.1 Å². The number of rotatable bonds is 10. The van der Waals surface area contributed by atoms with Crippen LogP contribution in [0, 0.1) is 5.82 Å². The molecule has 2 N–H and O–H groups in total. The number of aliphatic imine (C=N–C) groups is 1. The summed E-state index contributed by atoms with van der Waals surface area (Å²) in [4.78, 5) is 9.16. The van der Waals surface area contributed by atoms with Crippen molar-refractivity contribution in [1.82, 2.24) is 15.5 Å². The Kier molecular flexibility index (Phi) is 13.4. The van der Waals surface area contributed by atoms with Gasteiger partial charge in [-0.05, 0) is 58.7 Å². The number of ether oxygens (including phenoxy) is 1. The summed E-state index contributed by atoms with van der Waals surface area (Å²) in [5, 5.41) is 6.67. The highest BCUT2D eigenvalue weighted by Gasteiger charge is 2.15. The van der Waals surface area contributed by atoms with Crippen LogP contribution >= 0.6 is 24.0 Å². The fourth-order valence-corrected chi connectivity index (χ4v) is 3.80. The van der Waals surface area contributed by atoms with Gasteiger partial charge in [0.05, 0.1) is 25.4 Å². The molecule has 0 atom stereocenters. The second-order valence-electron chi connectivity index (χ2n) is 8.29. The topological polar surface area (TPSA) is 52.1 Å². The third-order valence-corrected chi connectivity index (χ3v) is 5.34. The molecule has 31 heavy (non-hydrogen) atoms. The van der Waals surface area contributed by atoms with Gasteiger partial charge < -0.3 is 20.3 Å². The summed E-state index contributed by atoms with van der Waals surface area (Å²) in [7, 11) is 0. The number of halogens is 2. The lowest BCUT2D eigenvalue weighted by atomic mass is 10.1.